The molecular weight excluding hydrogens is 256 g/mol. The summed E-state index contributed by atoms with van der Waals surface area (Å²) < 4.78 is 0. The Morgan fingerprint density at radius 3 is 2.68 bits per heavy atom. The van der Waals surface area contributed by atoms with E-state index >= 15 is 0 Å². The van der Waals surface area contributed by atoms with Crippen molar-refractivity contribution in [2.45, 2.75) is 51.6 Å². The summed E-state index contributed by atoms with van der Waals surface area (Å²) in [6.07, 6.45) is 7.04. The zero-order valence-corrected chi connectivity index (χ0v) is 13.3. The zero-order valence-electron chi connectivity index (χ0n) is 12.5. The lowest BCUT2D eigenvalue weighted by molar-refractivity contribution is 0.342. The minimum Gasteiger partial charge on any atom is -0.383 e. The molecule has 1 aromatic rings. The number of nitrogens with zero attached hydrogens (tertiary/aromatic N) is 2. The number of hydrogen-bond donors (Lipinski definition) is 2. The lowest BCUT2D eigenvalue weighted by Crippen LogP contribution is -2.23. The van der Waals surface area contributed by atoms with Crippen LogP contribution in [-0.4, -0.2) is 22.8 Å². The zero-order chi connectivity index (χ0) is 14.3. The summed E-state index contributed by atoms with van der Waals surface area (Å²) in [5.41, 5.74) is 6.04. The van der Waals surface area contributed by atoms with Gasteiger partial charge in [0, 0.05) is 12.6 Å². The molecular formula is C14H26N4S. The van der Waals surface area contributed by atoms with Gasteiger partial charge in [-0.2, -0.15) is 0 Å². The number of anilines is 2. The lowest BCUT2D eigenvalue weighted by Gasteiger charge is -2.25. The average molecular weight is 282 g/mol. The van der Waals surface area contributed by atoms with E-state index in [4.69, 9.17) is 5.73 Å². The standard InChI is InChI=1S/C14H26N4S/c1-5-6-7-8-14(2,3)10-16-12-9-11(15)17-13(18-12)19-4/h9H,5-8,10H2,1-4H3,(H3,15,16,17,18). The molecule has 0 unspecified atom stereocenters. The first-order chi connectivity index (χ1) is 8.96. The molecule has 0 radical (unpaired) electrons. The van der Waals surface area contributed by atoms with Gasteiger partial charge >= 0.3 is 0 Å². The van der Waals surface area contributed by atoms with Gasteiger partial charge in [0.1, 0.15) is 11.6 Å². The van der Waals surface area contributed by atoms with E-state index in [9.17, 15) is 0 Å². The van der Waals surface area contributed by atoms with Gasteiger partial charge in [0.05, 0.1) is 0 Å². The third-order valence-electron chi connectivity index (χ3n) is 3.11. The highest BCUT2D eigenvalue weighted by Crippen LogP contribution is 2.24. The molecule has 0 fully saturated rings. The van der Waals surface area contributed by atoms with Gasteiger partial charge in [0.2, 0.25) is 0 Å². The first-order valence-corrected chi connectivity index (χ1v) is 8.12. The van der Waals surface area contributed by atoms with E-state index in [0.29, 0.717) is 11.0 Å². The van der Waals surface area contributed by atoms with Crippen LogP contribution in [0.15, 0.2) is 11.2 Å². The van der Waals surface area contributed by atoms with Gasteiger partial charge in [-0.3, -0.25) is 0 Å². The van der Waals surface area contributed by atoms with Crippen LogP contribution in [0, 0.1) is 5.41 Å². The Kier molecular flexibility index (Phi) is 6.42. The molecule has 4 nitrogen and oxygen atoms in total. The quantitative estimate of drug-likeness (QED) is 0.431. The molecule has 19 heavy (non-hydrogen) atoms. The normalized spacial score (nSPS) is 11.6. The molecule has 0 aromatic carbocycles. The van der Waals surface area contributed by atoms with Crippen LogP contribution in [0.5, 0.6) is 0 Å². The van der Waals surface area contributed by atoms with Crippen molar-refractivity contribution in [2.24, 2.45) is 5.41 Å². The van der Waals surface area contributed by atoms with Gasteiger partial charge in [-0.1, -0.05) is 51.8 Å². The van der Waals surface area contributed by atoms with E-state index in [0.717, 1.165) is 12.4 Å². The van der Waals surface area contributed by atoms with Gasteiger partial charge in [0.15, 0.2) is 5.16 Å². The number of rotatable bonds is 8. The van der Waals surface area contributed by atoms with E-state index in [2.05, 4.69) is 36.1 Å². The van der Waals surface area contributed by atoms with Crippen LogP contribution < -0.4 is 11.1 Å². The van der Waals surface area contributed by atoms with Crippen molar-refractivity contribution in [1.82, 2.24) is 9.97 Å². The Bertz CT molecular complexity index is 393. The van der Waals surface area contributed by atoms with Gasteiger partial charge in [-0.25, -0.2) is 9.97 Å². The van der Waals surface area contributed by atoms with Gasteiger partial charge < -0.3 is 11.1 Å². The lowest BCUT2D eigenvalue weighted by atomic mass is 9.87. The van der Waals surface area contributed by atoms with Crippen LogP contribution in [0.2, 0.25) is 0 Å². The summed E-state index contributed by atoms with van der Waals surface area (Å²) in [6.45, 7) is 7.71. The largest absolute Gasteiger partial charge is 0.383 e. The molecule has 0 aliphatic carbocycles. The maximum absolute atomic E-state index is 5.77. The van der Waals surface area contributed by atoms with Crippen LogP contribution in [0.4, 0.5) is 11.6 Å². The fourth-order valence-electron chi connectivity index (χ4n) is 1.90. The van der Waals surface area contributed by atoms with E-state index in [1.54, 1.807) is 6.07 Å². The molecule has 0 spiro atoms. The number of nitrogens with two attached hydrogens (primary N) is 1. The molecule has 0 atom stereocenters. The number of thioether (sulfide) groups is 1. The third kappa shape index (κ3) is 6.14. The summed E-state index contributed by atoms with van der Waals surface area (Å²) >= 11 is 1.51. The minimum atomic E-state index is 0.272. The molecule has 5 heteroatoms. The van der Waals surface area contributed by atoms with Crippen molar-refractivity contribution < 1.29 is 0 Å². The SMILES string of the molecule is CCCCCC(C)(C)CNc1cc(N)nc(SC)n1. The second kappa shape index (κ2) is 7.58. The van der Waals surface area contributed by atoms with Gasteiger partial charge in [-0.05, 0) is 18.1 Å². The van der Waals surface area contributed by atoms with Crippen molar-refractivity contribution in [3.05, 3.63) is 6.07 Å². The Labute approximate surface area is 121 Å². The highest BCUT2D eigenvalue weighted by atomic mass is 32.2. The maximum atomic E-state index is 5.77. The third-order valence-corrected chi connectivity index (χ3v) is 3.66. The molecule has 0 aliphatic rings. The fraction of sp³-hybridized carbons (Fsp3) is 0.714. The summed E-state index contributed by atoms with van der Waals surface area (Å²) in [5.74, 6) is 1.34. The summed E-state index contributed by atoms with van der Waals surface area (Å²) in [4.78, 5) is 8.56. The van der Waals surface area contributed by atoms with Crippen LogP contribution >= 0.6 is 11.8 Å². The Morgan fingerprint density at radius 2 is 2.05 bits per heavy atom. The highest BCUT2D eigenvalue weighted by Gasteiger charge is 2.17. The first kappa shape index (κ1) is 16.1. The molecule has 1 aromatic heterocycles. The molecule has 1 heterocycles. The van der Waals surface area contributed by atoms with Crippen molar-refractivity contribution in [1.29, 1.82) is 0 Å². The molecule has 0 saturated heterocycles. The predicted octanol–water partition coefficient (Wildman–Crippen LogP) is 3.80. The van der Waals surface area contributed by atoms with E-state index in [1.807, 2.05) is 6.26 Å². The number of aromatic nitrogens is 2. The second-order valence-corrected chi connectivity index (χ2v) is 6.41. The average Bonchev–Trinajstić information content (AvgIpc) is 2.36. The topological polar surface area (TPSA) is 63.8 Å². The van der Waals surface area contributed by atoms with Crippen LogP contribution in [0.25, 0.3) is 0 Å². The molecule has 1 rings (SSSR count). The molecule has 0 bridgehead atoms. The fourth-order valence-corrected chi connectivity index (χ4v) is 2.28. The number of nitrogen functional groups attached to an aromatic ring is 1. The maximum Gasteiger partial charge on any atom is 0.191 e. The summed E-state index contributed by atoms with van der Waals surface area (Å²) in [7, 11) is 0. The second-order valence-electron chi connectivity index (χ2n) is 5.64. The first-order valence-electron chi connectivity index (χ1n) is 6.89. The Morgan fingerprint density at radius 1 is 1.32 bits per heavy atom. The monoisotopic (exact) mass is 282 g/mol. The van der Waals surface area contributed by atoms with E-state index < -0.39 is 0 Å². The molecule has 0 saturated carbocycles. The smallest absolute Gasteiger partial charge is 0.191 e. The number of unbranched alkanes of at least 4 members (excludes halogenated alkanes) is 2. The van der Waals surface area contributed by atoms with Crippen LogP contribution in [0.1, 0.15) is 46.5 Å². The van der Waals surface area contributed by atoms with Crippen LogP contribution in [-0.2, 0) is 0 Å². The van der Waals surface area contributed by atoms with Gasteiger partial charge in [-0.15, -0.1) is 0 Å². The summed E-state index contributed by atoms with van der Waals surface area (Å²) in [6, 6.07) is 1.79. The number of nitrogens with one attached hydrogen (secondary N) is 1. The molecule has 108 valence electrons. The molecule has 3 N–H and O–H groups in total. The van der Waals surface area contributed by atoms with E-state index in [-0.39, 0.29) is 5.41 Å². The Balaban J connectivity index is 2.53. The van der Waals surface area contributed by atoms with Crippen molar-refractivity contribution in [3.63, 3.8) is 0 Å². The predicted molar refractivity (Wildman–Crippen MR) is 84.6 cm³/mol. The molecule has 0 amide bonds. The highest BCUT2D eigenvalue weighted by molar-refractivity contribution is 7.98. The van der Waals surface area contributed by atoms with Crippen molar-refractivity contribution in [3.8, 4) is 0 Å². The van der Waals surface area contributed by atoms with Crippen LogP contribution in [0.3, 0.4) is 0 Å². The molecule has 0 aliphatic heterocycles. The minimum absolute atomic E-state index is 0.272. The van der Waals surface area contributed by atoms with Crippen molar-refractivity contribution >= 4 is 23.4 Å². The van der Waals surface area contributed by atoms with E-state index in [1.165, 1.54) is 37.4 Å². The van der Waals surface area contributed by atoms with Gasteiger partial charge in [0.25, 0.3) is 0 Å². The van der Waals surface area contributed by atoms with Crippen molar-refractivity contribution in [2.75, 3.05) is 23.9 Å². The summed E-state index contributed by atoms with van der Waals surface area (Å²) in [5, 5.41) is 4.10. The number of hydrogen-bond acceptors (Lipinski definition) is 5. The Hall–Kier alpha value is -0.970.